The molecule has 0 amide bonds. The molecule has 4 heteroatoms. The van der Waals surface area contributed by atoms with Gasteiger partial charge in [-0.25, -0.2) is 4.31 Å². The molecule has 2 aromatic carbocycles. The third-order valence-electron chi connectivity index (χ3n) is 5.72. The van der Waals surface area contributed by atoms with Crippen molar-refractivity contribution in [3.8, 4) is 11.1 Å². The number of hydrogen-bond acceptors (Lipinski definition) is 4. The van der Waals surface area contributed by atoms with E-state index < -0.39 is 0 Å². The molecule has 27 heavy (non-hydrogen) atoms. The van der Waals surface area contributed by atoms with Gasteiger partial charge in [-0.15, -0.1) is 0 Å². The van der Waals surface area contributed by atoms with Gasteiger partial charge in [-0.05, 0) is 73.5 Å². The highest BCUT2D eigenvalue weighted by Crippen LogP contribution is 2.28. The molecule has 2 aliphatic rings. The molecule has 2 aromatic rings. The zero-order chi connectivity index (χ0) is 18.5. The minimum Gasteiger partial charge on any atom is -0.300 e. The normalized spacial score (nSPS) is 21.6. The van der Waals surface area contributed by atoms with Crippen molar-refractivity contribution >= 4 is 23.7 Å². The molecular weight excluding hydrogens is 368 g/mol. The molecule has 4 rings (SSSR count). The van der Waals surface area contributed by atoms with E-state index in [0.29, 0.717) is 0 Å². The first kappa shape index (κ1) is 19.4. The summed E-state index contributed by atoms with van der Waals surface area (Å²) in [5.74, 6) is 2.52. The van der Waals surface area contributed by atoms with Crippen molar-refractivity contribution in [2.45, 2.75) is 37.1 Å². The number of rotatable bonds is 6. The van der Waals surface area contributed by atoms with Crippen molar-refractivity contribution in [3.63, 3.8) is 0 Å². The smallest absolute Gasteiger partial charge is 0.0230 e. The van der Waals surface area contributed by atoms with Crippen LogP contribution in [0.25, 0.3) is 11.1 Å². The van der Waals surface area contributed by atoms with Gasteiger partial charge in [0.2, 0.25) is 0 Å². The molecule has 0 aromatic heterocycles. The van der Waals surface area contributed by atoms with E-state index in [9.17, 15) is 0 Å². The second-order valence-electron chi connectivity index (χ2n) is 7.63. The van der Waals surface area contributed by atoms with Crippen LogP contribution in [0, 0.1) is 0 Å². The predicted molar refractivity (Wildman–Crippen MR) is 121 cm³/mol. The van der Waals surface area contributed by atoms with Crippen LogP contribution >= 0.6 is 23.7 Å². The maximum Gasteiger partial charge on any atom is 0.0230 e. The van der Waals surface area contributed by atoms with Crippen molar-refractivity contribution in [2.24, 2.45) is 0 Å². The topological polar surface area (TPSA) is 6.48 Å². The fraction of sp³-hybridized carbons (Fsp3) is 0.478. The Morgan fingerprint density at radius 3 is 2.22 bits per heavy atom. The minimum absolute atomic E-state index is 0.768. The number of hydrogen-bond donors (Lipinski definition) is 0. The molecule has 2 heterocycles. The quantitative estimate of drug-likeness (QED) is 0.598. The standard InChI is InChI=1S/C23H30N2S2/c1-19-3-2-13-24(19)14-12-20-4-6-21(7-5-20)22-8-10-23(11-9-22)27-25-15-17-26-18-16-25/h4-11,19H,2-3,12-18H2,1H3. The fourth-order valence-corrected chi connectivity index (χ4v) is 6.01. The average molecular weight is 399 g/mol. The molecule has 0 aliphatic carbocycles. The van der Waals surface area contributed by atoms with Crippen LogP contribution in [0.5, 0.6) is 0 Å². The first-order valence-corrected chi connectivity index (χ1v) is 12.1. The van der Waals surface area contributed by atoms with Crippen LogP contribution in [-0.2, 0) is 6.42 Å². The average Bonchev–Trinajstić information content (AvgIpc) is 3.13. The van der Waals surface area contributed by atoms with Crippen LogP contribution in [0.15, 0.2) is 53.4 Å². The van der Waals surface area contributed by atoms with Crippen molar-refractivity contribution in [3.05, 3.63) is 54.1 Å². The second-order valence-corrected chi connectivity index (χ2v) is 10.0. The molecule has 2 aliphatic heterocycles. The number of likely N-dealkylation sites (tertiary alicyclic amines) is 1. The van der Waals surface area contributed by atoms with Crippen LogP contribution in [0.1, 0.15) is 25.3 Å². The van der Waals surface area contributed by atoms with Crippen LogP contribution < -0.4 is 0 Å². The molecule has 1 atom stereocenters. The lowest BCUT2D eigenvalue weighted by Gasteiger charge is -2.24. The van der Waals surface area contributed by atoms with Crippen LogP contribution in [0.4, 0.5) is 0 Å². The first-order chi connectivity index (χ1) is 13.3. The maximum absolute atomic E-state index is 2.63. The molecule has 2 fully saturated rings. The highest BCUT2D eigenvalue weighted by Gasteiger charge is 2.19. The van der Waals surface area contributed by atoms with Gasteiger partial charge in [0, 0.05) is 42.1 Å². The lowest BCUT2D eigenvalue weighted by molar-refractivity contribution is 0.272. The Kier molecular flexibility index (Phi) is 6.82. The van der Waals surface area contributed by atoms with E-state index in [-0.39, 0.29) is 0 Å². The van der Waals surface area contributed by atoms with Crippen LogP contribution in [0.2, 0.25) is 0 Å². The minimum atomic E-state index is 0.768. The Hall–Kier alpha value is -0.940. The summed E-state index contributed by atoms with van der Waals surface area (Å²) in [7, 11) is 0. The van der Waals surface area contributed by atoms with E-state index in [4.69, 9.17) is 0 Å². The molecule has 2 saturated heterocycles. The van der Waals surface area contributed by atoms with E-state index >= 15 is 0 Å². The van der Waals surface area contributed by atoms with Crippen LogP contribution in [0.3, 0.4) is 0 Å². The first-order valence-electron chi connectivity index (χ1n) is 10.2. The highest BCUT2D eigenvalue weighted by molar-refractivity contribution is 8.00. The van der Waals surface area contributed by atoms with E-state index in [2.05, 4.69) is 76.4 Å². The summed E-state index contributed by atoms with van der Waals surface area (Å²) < 4.78 is 2.49. The lowest BCUT2D eigenvalue weighted by atomic mass is 10.0. The van der Waals surface area contributed by atoms with Crippen molar-refractivity contribution in [1.82, 2.24) is 9.21 Å². The number of thioether (sulfide) groups is 1. The summed E-state index contributed by atoms with van der Waals surface area (Å²) in [6, 6.07) is 19.0. The summed E-state index contributed by atoms with van der Waals surface area (Å²) in [6.07, 6.45) is 3.89. The molecule has 0 spiro atoms. The zero-order valence-corrected chi connectivity index (χ0v) is 17.9. The third-order valence-corrected chi connectivity index (χ3v) is 7.77. The Bertz CT molecular complexity index is 708. The van der Waals surface area contributed by atoms with Gasteiger partial charge in [-0.3, -0.25) is 0 Å². The van der Waals surface area contributed by atoms with Crippen molar-refractivity contribution in [1.29, 1.82) is 0 Å². The summed E-state index contributed by atoms with van der Waals surface area (Å²) in [4.78, 5) is 3.98. The van der Waals surface area contributed by atoms with Gasteiger partial charge in [-0.1, -0.05) is 36.4 Å². The Balaban J connectivity index is 1.32. The molecule has 2 nitrogen and oxygen atoms in total. The summed E-state index contributed by atoms with van der Waals surface area (Å²) >= 11 is 3.97. The summed E-state index contributed by atoms with van der Waals surface area (Å²) in [5.41, 5.74) is 4.08. The lowest BCUT2D eigenvalue weighted by Crippen LogP contribution is -2.28. The van der Waals surface area contributed by atoms with E-state index in [1.54, 1.807) is 0 Å². The van der Waals surface area contributed by atoms with Gasteiger partial charge in [0.25, 0.3) is 0 Å². The van der Waals surface area contributed by atoms with Crippen molar-refractivity contribution in [2.75, 3.05) is 37.7 Å². The maximum atomic E-state index is 2.63. The van der Waals surface area contributed by atoms with Gasteiger partial charge in [0.15, 0.2) is 0 Å². The predicted octanol–water partition coefficient (Wildman–Crippen LogP) is 5.44. The molecule has 0 saturated carbocycles. The number of benzene rings is 2. The largest absolute Gasteiger partial charge is 0.300 e. The van der Waals surface area contributed by atoms with Gasteiger partial charge in [-0.2, -0.15) is 11.8 Å². The van der Waals surface area contributed by atoms with Gasteiger partial charge >= 0.3 is 0 Å². The van der Waals surface area contributed by atoms with Crippen molar-refractivity contribution < 1.29 is 0 Å². The van der Waals surface area contributed by atoms with E-state index in [1.807, 2.05) is 11.9 Å². The Morgan fingerprint density at radius 1 is 0.926 bits per heavy atom. The van der Waals surface area contributed by atoms with Gasteiger partial charge < -0.3 is 4.90 Å². The molecule has 0 N–H and O–H groups in total. The van der Waals surface area contributed by atoms with E-state index in [1.165, 1.54) is 72.1 Å². The highest BCUT2D eigenvalue weighted by atomic mass is 32.2. The Morgan fingerprint density at radius 2 is 1.59 bits per heavy atom. The zero-order valence-electron chi connectivity index (χ0n) is 16.3. The monoisotopic (exact) mass is 398 g/mol. The van der Waals surface area contributed by atoms with E-state index in [0.717, 1.165) is 12.5 Å². The molecule has 0 bridgehead atoms. The molecular formula is C23H30N2S2. The van der Waals surface area contributed by atoms with Gasteiger partial charge in [0.1, 0.15) is 0 Å². The molecule has 0 radical (unpaired) electrons. The van der Waals surface area contributed by atoms with Crippen LogP contribution in [-0.4, -0.2) is 52.9 Å². The fourth-order valence-electron chi connectivity index (χ4n) is 3.96. The third kappa shape index (κ3) is 5.32. The molecule has 1 unspecified atom stereocenters. The number of nitrogens with zero attached hydrogens (tertiary/aromatic N) is 2. The summed E-state index contributed by atoms with van der Waals surface area (Å²) in [5, 5.41) is 0. The second kappa shape index (κ2) is 9.51. The Labute approximate surface area is 172 Å². The van der Waals surface area contributed by atoms with Gasteiger partial charge in [0.05, 0.1) is 0 Å². The summed E-state index contributed by atoms with van der Waals surface area (Å²) in [6.45, 7) is 7.22. The SMILES string of the molecule is CC1CCCN1CCc1ccc(-c2ccc(SN3CCSCC3)cc2)cc1. The molecule has 144 valence electrons.